The molecule has 4 aromatic rings. The molecule has 2 heterocycles. The van der Waals surface area contributed by atoms with E-state index in [-0.39, 0.29) is 5.56 Å². The lowest BCUT2D eigenvalue weighted by Crippen LogP contribution is -2.52. The number of aromatic amines is 1. The molecule has 5 nitrogen and oxygen atoms in total. The third-order valence-electron chi connectivity index (χ3n) is 7.04. The molecular weight excluding hydrogens is 460 g/mol. The number of ether oxygens (including phenoxy) is 1. The number of hydrogen-bond acceptors (Lipinski definition) is 3. The Morgan fingerprint density at radius 1 is 1.08 bits per heavy atom. The van der Waals surface area contributed by atoms with E-state index in [1.54, 1.807) is 25.3 Å². The summed E-state index contributed by atoms with van der Waals surface area (Å²) in [5.74, 6) is -1.86. The first-order chi connectivity index (χ1) is 17.1. The average Bonchev–Trinajstić information content (AvgIpc) is 3.27. The summed E-state index contributed by atoms with van der Waals surface area (Å²) in [6.45, 7) is 9.39. The van der Waals surface area contributed by atoms with Crippen LogP contribution in [0.25, 0.3) is 22.0 Å². The van der Waals surface area contributed by atoms with Gasteiger partial charge in [-0.1, -0.05) is 42.8 Å². The van der Waals surface area contributed by atoms with Gasteiger partial charge >= 0.3 is 6.09 Å². The molecule has 1 aliphatic heterocycles. The van der Waals surface area contributed by atoms with Crippen LogP contribution in [-0.2, 0) is 4.74 Å². The molecule has 0 saturated heterocycles. The van der Waals surface area contributed by atoms with Crippen molar-refractivity contribution in [3.8, 4) is 11.1 Å². The first-order valence-corrected chi connectivity index (χ1v) is 12.0. The summed E-state index contributed by atoms with van der Waals surface area (Å²) in [5, 5.41) is 6.86. The Kier molecular flexibility index (Phi) is 5.74. The maximum absolute atomic E-state index is 16.1. The molecule has 0 radical (unpaired) electrons. The zero-order chi connectivity index (χ0) is 25.8. The van der Waals surface area contributed by atoms with Crippen molar-refractivity contribution >= 4 is 28.4 Å². The van der Waals surface area contributed by atoms with Crippen molar-refractivity contribution in [1.82, 2.24) is 4.98 Å². The molecule has 7 heteroatoms. The smallest absolute Gasteiger partial charge is 0.412 e. The number of benzene rings is 3. The number of nitrogens with one attached hydrogen (secondary N) is 3. The number of fused-ring (bicyclic) bond motifs is 2. The Hall–Kier alpha value is -3.87. The Bertz CT molecular complexity index is 1490. The number of aromatic nitrogens is 1. The Balaban J connectivity index is 1.51. The number of carbonyl (C=O) groups is 1. The maximum atomic E-state index is 16.1. The monoisotopic (exact) mass is 489 g/mol. The van der Waals surface area contributed by atoms with Crippen LogP contribution in [0.3, 0.4) is 0 Å². The summed E-state index contributed by atoms with van der Waals surface area (Å²) >= 11 is 0. The third kappa shape index (κ3) is 3.98. The van der Waals surface area contributed by atoms with Gasteiger partial charge in [0.05, 0.1) is 16.6 Å². The highest BCUT2D eigenvalue weighted by Gasteiger charge is 2.45. The van der Waals surface area contributed by atoms with Crippen LogP contribution in [0.4, 0.5) is 25.0 Å². The van der Waals surface area contributed by atoms with E-state index in [0.29, 0.717) is 28.0 Å². The minimum absolute atomic E-state index is 0.103. The summed E-state index contributed by atoms with van der Waals surface area (Å²) in [7, 11) is 0. The fourth-order valence-corrected chi connectivity index (χ4v) is 5.38. The summed E-state index contributed by atoms with van der Waals surface area (Å²) < 4.78 is 37.4. The van der Waals surface area contributed by atoms with Gasteiger partial charge in [-0.3, -0.25) is 5.32 Å². The molecule has 5 rings (SSSR count). The molecule has 186 valence electrons. The van der Waals surface area contributed by atoms with E-state index >= 15 is 8.78 Å². The molecule has 1 aromatic heterocycles. The molecule has 36 heavy (non-hydrogen) atoms. The second-order valence-corrected chi connectivity index (χ2v) is 10.2. The van der Waals surface area contributed by atoms with Crippen LogP contribution in [0.1, 0.15) is 43.4 Å². The number of rotatable bonds is 3. The Morgan fingerprint density at radius 2 is 1.86 bits per heavy atom. The van der Waals surface area contributed by atoms with Crippen molar-refractivity contribution in [2.24, 2.45) is 0 Å². The van der Waals surface area contributed by atoms with Gasteiger partial charge in [0.15, 0.2) is 0 Å². The van der Waals surface area contributed by atoms with Gasteiger partial charge in [0.1, 0.15) is 17.7 Å². The first-order valence-electron chi connectivity index (χ1n) is 12.0. The minimum Gasteiger partial charge on any atom is -0.443 e. The molecule has 2 atom stereocenters. The lowest BCUT2D eigenvalue weighted by Gasteiger charge is -2.44. The number of H-pyrrole nitrogens is 1. The SMILES string of the molecule is Cc1ccc(NC(=O)O[C@@H]2[C@@H](C)c3c(cc(F)c(-c4cccc5cc[nH]c45)c3F)NC2(C)C)c(C)c1. The van der Waals surface area contributed by atoms with Crippen molar-refractivity contribution < 1.29 is 18.3 Å². The van der Waals surface area contributed by atoms with Crippen LogP contribution >= 0.6 is 0 Å². The number of para-hydroxylation sites is 1. The highest BCUT2D eigenvalue weighted by atomic mass is 19.1. The van der Waals surface area contributed by atoms with Crippen LogP contribution in [0.15, 0.2) is 54.7 Å². The molecule has 0 bridgehead atoms. The fourth-order valence-electron chi connectivity index (χ4n) is 5.38. The van der Waals surface area contributed by atoms with E-state index in [0.717, 1.165) is 16.5 Å². The quantitative estimate of drug-likeness (QED) is 0.277. The van der Waals surface area contributed by atoms with Crippen molar-refractivity contribution in [1.29, 1.82) is 0 Å². The Labute approximate surface area is 208 Å². The zero-order valence-corrected chi connectivity index (χ0v) is 20.9. The first kappa shape index (κ1) is 23.9. The summed E-state index contributed by atoms with van der Waals surface area (Å²) in [6.07, 6.45) is 0.397. The van der Waals surface area contributed by atoms with Crippen molar-refractivity contribution in [3.63, 3.8) is 0 Å². The van der Waals surface area contributed by atoms with Crippen molar-refractivity contribution in [3.05, 3.63) is 83.1 Å². The molecule has 0 spiro atoms. The van der Waals surface area contributed by atoms with Gasteiger partial charge in [0.2, 0.25) is 0 Å². The van der Waals surface area contributed by atoms with Gasteiger partial charge in [-0.2, -0.15) is 0 Å². The lowest BCUT2D eigenvalue weighted by molar-refractivity contribution is 0.0560. The molecule has 0 saturated carbocycles. The molecule has 1 aliphatic rings. The molecule has 3 aromatic carbocycles. The minimum atomic E-state index is -0.772. The van der Waals surface area contributed by atoms with Crippen LogP contribution in [0.2, 0.25) is 0 Å². The van der Waals surface area contributed by atoms with Crippen LogP contribution in [-0.4, -0.2) is 22.7 Å². The van der Waals surface area contributed by atoms with Crippen LogP contribution < -0.4 is 10.6 Å². The standard InChI is InChI=1S/C29H29F2N3O2/c1-15-9-10-21(16(2)13-15)33-28(35)36-27-17(3)23-22(34-29(27,4)5)14-20(30)24(25(23)31)19-8-6-7-18-11-12-32-26(18)19/h6-14,17,27,32,34H,1-5H3,(H,33,35)/t17-,27+/m0/s1. The predicted octanol–water partition coefficient (Wildman–Crippen LogP) is 7.65. The maximum Gasteiger partial charge on any atom is 0.412 e. The lowest BCUT2D eigenvalue weighted by atomic mass is 9.77. The average molecular weight is 490 g/mol. The highest BCUT2D eigenvalue weighted by molar-refractivity contribution is 5.95. The molecular formula is C29H29F2N3O2. The summed E-state index contributed by atoms with van der Waals surface area (Å²) in [4.78, 5) is 16.0. The Morgan fingerprint density at radius 3 is 2.61 bits per heavy atom. The fraction of sp³-hybridized carbons (Fsp3) is 0.276. The molecule has 0 aliphatic carbocycles. The van der Waals surface area contributed by atoms with E-state index in [1.165, 1.54) is 6.07 Å². The number of hydrogen-bond donors (Lipinski definition) is 3. The van der Waals surface area contributed by atoms with E-state index in [4.69, 9.17) is 4.74 Å². The number of halogens is 2. The number of anilines is 2. The largest absolute Gasteiger partial charge is 0.443 e. The molecule has 3 N–H and O–H groups in total. The zero-order valence-electron chi connectivity index (χ0n) is 20.9. The van der Waals surface area contributed by atoms with Crippen LogP contribution in [0, 0.1) is 25.5 Å². The highest BCUT2D eigenvalue weighted by Crippen LogP contribution is 2.46. The van der Waals surface area contributed by atoms with E-state index in [2.05, 4.69) is 15.6 Å². The van der Waals surface area contributed by atoms with Gasteiger partial charge < -0.3 is 15.0 Å². The number of amides is 1. The third-order valence-corrected chi connectivity index (χ3v) is 7.04. The second-order valence-electron chi connectivity index (χ2n) is 10.2. The van der Waals surface area contributed by atoms with Gasteiger partial charge in [0, 0.05) is 34.6 Å². The van der Waals surface area contributed by atoms with Crippen molar-refractivity contribution in [2.45, 2.75) is 52.2 Å². The van der Waals surface area contributed by atoms with Gasteiger partial charge in [-0.25, -0.2) is 13.6 Å². The molecule has 0 unspecified atom stereocenters. The van der Waals surface area contributed by atoms with E-state index in [9.17, 15) is 4.79 Å². The topological polar surface area (TPSA) is 66.1 Å². The van der Waals surface area contributed by atoms with E-state index in [1.807, 2.05) is 58.0 Å². The van der Waals surface area contributed by atoms with Gasteiger partial charge in [-0.05, 0) is 56.8 Å². The van der Waals surface area contributed by atoms with Crippen LogP contribution in [0.5, 0.6) is 0 Å². The number of aryl methyl sites for hydroxylation is 2. The van der Waals surface area contributed by atoms with Crippen molar-refractivity contribution in [2.75, 3.05) is 10.6 Å². The normalized spacial score (nSPS) is 18.4. The number of carbonyl (C=O) groups excluding carboxylic acids is 1. The predicted molar refractivity (Wildman–Crippen MR) is 140 cm³/mol. The van der Waals surface area contributed by atoms with Gasteiger partial charge in [-0.15, -0.1) is 0 Å². The molecule has 0 fully saturated rings. The molecule has 1 amide bonds. The van der Waals surface area contributed by atoms with Gasteiger partial charge in [0.25, 0.3) is 0 Å². The summed E-state index contributed by atoms with van der Waals surface area (Å²) in [6, 6.07) is 14.2. The second kappa shape index (κ2) is 8.66. The van der Waals surface area contributed by atoms with E-state index < -0.39 is 35.3 Å². The summed E-state index contributed by atoms with van der Waals surface area (Å²) in [5.41, 5.74) is 3.52.